The van der Waals surface area contributed by atoms with Crippen LogP contribution in [0.3, 0.4) is 0 Å². The van der Waals surface area contributed by atoms with Gasteiger partial charge >= 0.3 is 6.09 Å². The van der Waals surface area contributed by atoms with Crippen molar-refractivity contribution in [2.24, 2.45) is 0 Å². The van der Waals surface area contributed by atoms with Crippen LogP contribution in [0.4, 0.5) is 10.5 Å². The van der Waals surface area contributed by atoms with Crippen molar-refractivity contribution < 1.29 is 19.1 Å². The summed E-state index contributed by atoms with van der Waals surface area (Å²) in [5.41, 5.74) is -0.278. The van der Waals surface area contributed by atoms with E-state index < -0.39 is 17.6 Å². The van der Waals surface area contributed by atoms with Crippen molar-refractivity contribution in [1.29, 1.82) is 0 Å². The summed E-state index contributed by atoms with van der Waals surface area (Å²) in [6, 6.07) is 4.73. The molecule has 0 saturated carbocycles. The standard InChI is InChI=1S/C16H22Cl2N2O4/c1-16(2,3)24-15(22)20(7-8-23-4)10-14(21)19-13-9-11(17)5-6-12(13)18/h5-6,9H,7-8,10H2,1-4H3,(H,19,21). The highest BCUT2D eigenvalue weighted by atomic mass is 35.5. The van der Waals surface area contributed by atoms with Gasteiger partial charge in [0, 0.05) is 18.7 Å². The number of carbonyl (C=O) groups excluding carboxylic acids is 2. The van der Waals surface area contributed by atoms with Crippen LogP contribution in [-0.4, -0.2) is 49.3 Å². The second kappa shape index (κ2) is 9.11. The van der Waals surface area contributed by atoms with Gasteiger partial charge in [-0.2, -0.15) is 0 Å². The Kier molecular flexibility index (Phi) is 7.79. The molecule has 24 heavy (non-hydrogen) atoms. The summed E-state index contributed by atoms with van der Waals surface area (Å²) in [7, 11) is 1.51. The first-order chi connectivity index (χ1) is 11.1. The molecule has 1 rings (SSSR count). The van der Waals surface area contributed by atoms with E-state index in [1.54, 1.807) is 32.9 Å². The normalized spacial score (nSPS) is 11.1. The Balaban J connectivity index is 2.76. The van der Waals surface area contributed by atoms with E-state index in [2.05, 4.69) is 5.32 Å². The maximum atomic E-state index is 12.2. The molecule has 0 aliphatic rings. The molecule has 0 aliphatic carbocycles. The summed E-state index contributed by atoms with van der Waals surface area (Å²) >= 11 is 11.9. The molecule has 0 radical (unpaired) electrons. The van der Waals surface area contributed by atoms with Crippen LogP contribution >= 0.6 is 23.2 Å². The number of benzene rings is 1. The van der Waals surface area contributed by atoms with Crippen LogP contribution in [0.1, 0.15) is 20.8 Å². The summed E-state index contributed by atoms with van der Waals surface area (Å²) in [6.07, 6.45) is -0.591. The highest BCUT2D eigenvalue weighted by molar-refractivity contribution is 6.35. The van der Waals surface area contributed by atoms with E-state index in [0.29, 0.717) is 15.7 Å². The molecule has 0 unspecified atom stereocenters. The lowest BCUT2D eigenvalue weighted by molar-refractivity contribution is -0.117. The second-order valence-corrected chi connectivity index (χ2v) is 6.91. The molecule has 2 amide bonds. The van der Waals surface area contributed by atoms with Crippen molar-refractivity contribution in [2.45, 2.75) is 26.4 Å². The third-order valence-corrected chi connectivity index (χ3v) is 3.32. The SMILES string of the molecule is COCCN(CC(=O)Nc1cc(Cl)ccc1Cl)C(=O)OC(C)(C)C. The zero-order valence-electron chi connectivity index (χ0n) is 14.2. The fourth-order valence-electron chi connectivity index (χ4n) is 1.72. The number of nitrogens with one attached hydrogen (secondary N) is 1. The van der Waals surface area contributed by atoms with Crippen LogP contribution in [0.5, 0.6) is 0 Å². The smallest absolute Gasteiger partial charge is 0.410 e. The highest BCUT2D eigenvalue weighted by Crippen LogP contribution is 2.25. The Hall–Kier alpha value is -1.50. The number of amides is 2. The third-order valence-electron chi connectivity index (χ3n) is 2.75. The zero-order valence-corrected chi connectivity index (χ0v) is 15.7. The van der Waals surface area contributed by atoms with E-state index in [1.807, 2.05) is 0 Å². The second-order valence-electron chi connectivity index (χ2n) is 6.07. The molecule has 0 bridgehead atoms. The fraction of sp³-hybridized carbons (Fsp3) is 0.500. The van der Waals surface area contributed by atoms with Gasteiger partial charge in [-0.3, -0.25) is 9.69 Å². The van der Waals surface area contributed by atoms with Gasteiger partial charge in [0.2, 0.25) is 5.91 Å². The van der Waals surface area contributed by atoms with Gasteiger partial charge in [0.05, 0.1) is 17.3 Å². The van der Waals surface area contributed by atoms with Gasteiger partial charge in [0.25, 0.3) is 0 Å². The van der Waals surface area contributed by atoms with E-state index in [9.17, 15) is 9.59 Å². The van der Waals surface area contributed by atoms with E-state index >= 15 is 0 Å². The quantitative estimate of drug-likeness (QED) is 0.819. The summed E-state index contributed by atoms with van der Waals surface area (Å²) < 4.78 is 10.3. The minimum absolute atomic E-state index is 0.193. The molecule has 0 spiro atoms. The molecular weight excluding hydrogens is 355 g/mol. The number of carbonyl (C=O) groups is 2. The number of methoxy groups -OCH3 is 1. The van der Waals surface area contributed by atoms with Crippen molar-refractivity contribution in [3.05, 3.63) is 28.2 Å². The molecule has 1 N–H and O–H groups in total. The predicted octanol–water partition coefficient (Wildman–Crippen LogP) is 3.82. The topological polar surface area (TPSA) is 67.9 Å². The van der Waals surface area contributed by atoms with Crippen molar-refractivity contribution in [3.8, 4) is 0 Å². The van der Waals surface area contributed by atoms with Gasteiger partial charge in [-0.15, -0.1) is 0 Å². The fourth-order valence-corrected chi connectivity index (χ4v) is 2.06. The summed E-state index contributed by atoms with van der Waals surface area (Å²) in [5, 5.41) is 3.43. The van der Waals surface area contributed by atoms with Gasteiger partial charge in [0.1, 0.15) is 12.1 Å². The average molecular weight is 377 g/mol. The van der Waals surface area contributed by atoms with Crippen molar-refractivity contribution in [2.75, 3.05) is 32.1 Å². The maximum Gasteiger partial charge on any atom is 0.410 e. The van der Waals surface area contributed by atoms with E-state index in [1.165, 1.54) is 18.1 Å². The van der Waals surface area contributed by atoms with Crippen LogP contribution in [0.25, 0.3) is 0 Å². The van der Waals surface area contributed by atoms with Crippen LogP contribution in [0, 0.1) is 0 Å². The van der Waals surface area contributed by atoms with E-state index in [0.717, 1.165) is 0 Å². The number of nitrogens with zero attached hydrogens (tertiary/aromatic N) is 1. The predicted molar refractivity (Wildman–Crippen MR) is 94.8 cm³/mol. The van der Waals surface area contributed by atoms with E-state index in [-0.39, 0.29) is 19.7 Å². The Labute approximate surface area is 152 Å². The lowest BCUT2D eigenvalue weighted by Crippen LogP contribution is -2.42. The monoisotopic (exact) mass is 376 g/mol. The minimum Gasteiger partial charge on any atom is -0.444 e. The Bertz CT molecular complexity index is 588. The number of halogens is 2. The molecule has 0 saturated heterocycles. The third kappa shape index (κ3) is 7.38. The highest BCUT2D eigenvalue weighted by Gasteiger charge is 2.24. The van der Waals surface area contributed by atoms with Crippen molar-refractivity contribution in [3.63, 3.8) is 0 Å². The lowest BCUT2D eigenvalue weighted by Gasteiger charge is -2.27. The molecule has 6 nitrogen and oxygen atoms in total. The first-order valence-electron chi connectivity index (χ1n) is 7.34. The number of hydrogen-bond donors (Lipinski definition) is 1. The number of hydrogen-bond acceptors (Lipinski definition) is 4. The molecular formula is C16H22Cl2N2O4. The van der Waals surface area contributed by atoms with Gasteiger partial charge in [-0.1, -0.05) is 23.2 Å². The van der Waals surface area contributed by atoms with E-state index in [4.69, 9.17) is 32.7 Å². The number of ether oxygens (including phenoxy) is 2. The zero-order chi connectivity index (χ0) is 18.3. The van der Waals surface area contributed by atoms with Gasteiger partial charge in [-0.05, 0) is 39.0 Å². The van der Waals surface area contributed by atoms with Gasteiger partial charge in [-0.25, -0.2) is 4.79 Å². The summed E-state index contributed by atoms with van der Waals surface area (Å²) in [4.78, 5) is 25.7. The minimum atomic E-state index is -0.658. The first kappa shape index (κ1) is 20.5. The van der Waals surface area contributed by atoms with Crippen LogP contribution < -0.4 is 5.32 Å². The lowest BCUT2D eigenvalue weighted by atomic mass is 10.2. The Morgan fingerprint density at radius 1 is 1.25 bits per heavy atom. The number of anilines is 1. The molecule has 0 aliphatic heterocycles. The van der Waals surface area contributed by atoms with Gasteiger partial charge in [0.15, 0.2) is 0 Å². The van der Waals surface area contributed by atoms with Crippen LogP contribution in [0.15, 0.2) is 18.2 Å². The van der Waals surface area contributed by atoms with Gasteiger partial charge < -0.3 is 14.8 Å². The Morgan fingerprint density at radius 2 is 1.92 bits per heavy atom. The van der Waals surface area contributed by atoms with Crippen LogP contribution in [-0.2, 0) is 14.3 Å². The molecule has 1 aromatic rings. The van der Waals surface area contributed by atoms with Crippen LogP contribution in [0.2, 0.25) is 10.0 Å². The average Bonchev–Trinajstić information content (AvgIpc) is 2.45. The molecule has 134 valence electrons. The molecule has 0 heterocycles. The Morgan fingerprint density at radius 3 is 2.50 bits per heavy atom. The molecule has 1 aromatic carbocycles. The molecule has 0 atom stereocenters. The summed E-state index contributed by atoms with van der Waals surface area (Å²) in [6.45, 7) is 5.58. The largest absolute Gasteiger partial charge is 0.444 e. The number of rotatable bonds is 6. The van der Waals surface area contributed by atoms with Crippen molar-refractivity contribution >= 4 is 40.9 Å². The summed E-state index contributed by atoms with van der Waals surface area (Å²) in [5.74, 6) is -0.416. The molecule has 0 aromatic heterocycles. The molecule has 0 fully saturated rings. The first-order valence-corrected chi connectivity index (χ1v) is 8.09. The maximum absolute atomic E-state index is 12.2. The van der Waals surface area contributed by atoms with Crippen molar-refractivity contribution in [1.82, 2.24) is 4.90 Å². The molecule has 8 heteroatoms.